The van der Waals surface area contributed by atoms with Crippen molar-refractivity contribution in [3.05, 3.63) is 100 Å². The van der Waals surface area contributed by atoms with Crippen molar-refractivity contribution < 1.29 is 14.3 Å². The number of nitrogens with one attached hydrogen (secondary N) is 2. The Morgan fingerprint density at radius 1 is 1.07 bits per heavy atom. The van der Waals surface area contributed by atoms with Crippen molar-refractivity contribution in [1.82, 2.24) is 14.8 Å². The normalized spacial score (nSPS) is 14.3. The summed E-state index contributed by atoms with van der Waals surface area (Å²) < 4.78 is 13.6. The molecule has 2 heterocycles. The fourth-order valence-electron chi connectivity index (χ4n) is 4.49. The van der Waals surface area contributed by atoms with Crippen LogP contribution in [0.3, 0.4) is 0 Å². The molecule has 0 aliphatic carbocycles. The number of thioether (sulfide) groups is 1. The Hall–Kier alpha value is -3.95. The highest BCUT2D eigenvalue weighted by molar-refractivity contribution is 7.99. The van der Waals surface area contributed by atoms with Gasteiger partial charge in [-0.15, -0.1) is 5.10 Å². The van der Waals surface area contributed by atoms with Gasteiger partial charge in [-0.3, -0.25) is 4.79 Å². The van der Waals surface area contributed by atoms with Crippen LogP contribution in [0.25, 0.3) is 0 Å². The Kier molecular flexibility index (Phi) is 8.62. The number of hydrogen-bond donors (Lipinski definition) is 2. The molecule has 1 aliphatic rings. The number of carbonyl (C=O) groups excluding carboxylic acids is 1. The van der Waals surface area contributed by atoms with Crippen molar-refractivity contribution >= 4 is 40.9 Å². The molecule has 1 aromatic heterocycles. The van der Waals surface area contributed by atoms with E-state index >= 15 is 0 Å². The summed E-state index contributed by atoms with van der Waals surface area (Å²) in [5.41, 5.74) is 3.65. The molecule has 10 heteroatoms. The van der Waals surface area contributed by atoms with E-state index in [1.165, 1.54) is 0 Å². The van der Waals surface area contributed by atoms with Crippen LogP contribution in [-0.4, -0.2) is 33.0 Å². The molecule has 3 aromatic carbocycles. The molecule has 5 rings (SSSR count). The van der Waals surface area contributed by atoms with E-state index in [0.29, 0.717) is 57.8 Å². The highest BCUT2D eigenvalue weighted by atomic mass is 35.5. The first-order valence-corrected chi connectivity index (χ1v) is 14.4. The van der Waals surface area contributed by atoms with E-state index in [1.54, 1.807) is 16.4 Å². The number of carbonyl (C=O) groups is 1. The van der Waals surface area contributed by atoms with Crippen LogP contribution in [0, 0.1) is 0 Å². The number of amides is 1. The monoisotopic (exact) mass is 575 g/mol. The first kappa shape index (κ1) is 27.6. The van der Waals surface area contributed by atoms with Gasteiger partial charge in [0.2, 0.25) is 11.1 Å². The first-order valence-electron chi connectivity index (χ1n) is 13.0. The maximum absolute atomic E-state index is 13.9. The number of aromatic nitrogens is 3. The number of para-hydroxylation sites is 2. The zero-order chi connectivity index (χ0) is 28.1. The van der Waals surface area contributed by atoms with Crippen LogP contribution in [0.4, 0.5) is 11.6 Å². The van der Waals surface area contributed by atoms with Crippen LogP contribution < -0.4 is 20.1 Å². The van der Waals surface area contributed by atoms with Crippen molar-refractivity contribution in [2.75, 3.05) is 23.0 Å². The number of ether oxygens (including phenoxy) is 2. The van der Waals surface area contributed by atoms with Gasteiger partial charge in [0, 0.05) is 10.7 Å². The highest BCUT2D eigenvalue weighted by Gasteiger charge is 2.35. The van der Waals surface area contributed by atoms with Crippen molar-refractivity contribution in [1.29, 1.82) is 0 Å². The molecule has 8 nitrogen and oxygen atoms in total. The molecular weight excluding hydrogens is 546 g/mol. The number of anilines is 2. The SMILES string of the molecule is CCOc1ccccc1NC(=O)C1=C(C)Nc2nc(SCC)nn2C1c1cccc(OCc2ccc(Cl)cc2)c1. The summed E-state index contributed by atoms with van der Waals surface area (Å²) >= 11 is 7.56. The maximum Gasteiger partial charge on any atom is 0.255 e. The van der Waals surface area contributed by atoms with Gasteiger partial charge in [-0.2, -0.15) is 4.98 Å². The summed E-state index contributed by atoms with van der Waals surface area (Å²) in [7, 11) is 0. The summed E-state index contributed by atoms with van der Waals surface area (Å²) in [5.74, 6) is 2.43. The molecule has 0 spiro atoms. The van der Waals surface area contributed by atoms with Gasteiger partial charge in [0.25, 0.3) is 5.91 Å². The van der Waals surface area contributed by atoms with Crippen molar-refractivity contribution in [2.45, 2.75) is 38.6 Å². The van der Waals surface area contributed by atoms with Gasteiger partial charge >= 0.3 is 0 Å². The average Bonchev–Trinajstić information content (AvgIpc) is 3.35. The molecule has 1 amide bonds. The Bertz CT molecular complexity index is 1540. The van der Waals surface area contributed by atoms with E-state index in [9.17, 15) is 4.79 Å². The van der Waals surface area contributed by atoms with E-state index in [2.05, 4.69) is 22.5 Å². The number of allylic oxidation sites excluding steroid dienone is 1. The van der Waals surface area contributed by atoms with Gasteiger partial charge < -0.3 is 20.1 Å². The predicted octanol–water partition coefficient (Wildman–Crippen LogP) is 6.95. The molecule has 0 saturated heterocycles. The summed E-state index contributed by atoms with van der Waals surface area (Å²) in [4.78, 5) is 18.6. The summed E-state index contributed by atoms with van der Waals surface area (Å²) in [6.07, 6.45) is 0. The molecule has 1 atom stereocenters. The van der Waals surface area contributed by atoms with E-state index in [-0.39, 0.29) is 5.91 Å². The van der Waals surface area contributed by atoms with Crippen LogP contribution in [0.2, 0.25) is 5.02 Å². The summed E-state index contributed by atoms with van der Waals surface area (Å²) in [6, 6.07) is 22.1. The maximum atomic E-state index is 13.9. The quantitative estimate of drug-likeness (QED) is 0.198. The Balaban J connectivity index is 1.50. The molecule has 40 heavy (non-hydrogen) atoms. The largest absolute Gasteiger partial charge is 0.492 e. The lowest BCUT2D eigenvalue weighted by atomic mass is 9.94. The second kappa shape index (κ2) is 12.5. The van der Waals surface area contributed by atoms with Crippen LogP contribution >= 0.6 is 23.4 Å². The van der Waals surface area contributed by atoms with Gasteiger partial charge in [-0.25, -0.2) is 4.68 Å². The molecule has 0 saturated carbocycles. The topological polar surface area (TPSA) is 90.3 Å². The molecule has 1 aliphatic heterocycles. The number of halogens is 1. The fourth-order valence-corrected chi connectivity index (χ4v) is 5.17. The summed E-state index contributed by atoms with van der Waals surface area (Å²) in [6.45, 7) is 6.71. The third-order valence-corrected chi connectivity index (χ3v) is 7.25. The van der Waals surface area contributed by atoms with Crippen molar-refractivity contribution in [3.8, 4) is 11.5 Å². The molecule has 206 valence electrons. The van der Waals surface area contributed by atoms with E-state index in [1.807, 2.05) is 86.6 Å². The van der Waals surface area contributed by atoms with E-state index in [0.717, 1.165) is 16.9 Å². The van der Waals surface area contributed by atoms with Crippen LogP contribution in [0.15, 0.2) is 89.2 Å². The molecule has 0 radical (unpaired) electrons. The fraction of sp³-hybridized carbons (Fsp3) is 0.233. The number of rotatable bonds is 10. The second-order valence-corrected chi connectivity index (χ2v) is 10.7. The lowest BCUT2D eigenvalue weighted by Crippen LogP contribution is -2.31. The number of nitrogens with zero attached hydrogens (tertiary/aromatic N) is 3. The van der Waals surface area contributed by atoms with Crippen LogP contribution in [-0.2, 0) is 11.4 Å². The second-order valence-electron chi connectivity index (χ2n) is 9.03. The molecule has 1 unspecified atom stereocenters. The molecule has 0 fully saturated rings. The van der Waals surface area contributed by atoms with Gasteiger partial charge in [0.15, 0.2) is 0 Å². The minimum absolute atomic E-state index is 0.263. The highest BCUT2D eigenvalue weighted by Crippen LogP contribution is 2.38. The van der Waals surface area contributed by atoms with Gasteiger partial charge in [-0.05, 0) is 67.1 Å². The number of hydrogen-bond acceptors (Lipinski definition) is 7. The summed E-state index contributed by atoms with van der Waals surface area (Å²) in [5, 5.41) is 12.4. The lowest BCUT2D eigenvalue weighted by molar-refractivity contribution is -0.113. The van der Waals surface area contributed by atoms with E-state index < -0.39 is 6.04 Å². The third-order valence-electron chi connectivity index (χ3n) is 6.28. The average molecular weight is 576 g/mol. The van der Waals surface area contributed by atoms with Gasteiger partial charge in [0.1, 0.15) is 24.1 Å². The van der Waals surface area contributed by atoms with Crippen LogP contribution in [0.1, 0.15) is 37.9 Å². The Morgan fingerprint density at radius 2 is 1.88 bits per heavy atom. The number of benzene rings is 3. The zero-order valence-electron chi connectivity index (χ0n) is 22.5. The number of fused-ring (bicyclic) bond motifs is 1. The first-order chi connectivity index (χ1) is 19.5. The predicted molar refractivity (Wildman–Crippen MR) is 159 cm³/mol. The standard InChI is InChI=1S/C30H30ClN5O3S/c1-4-38-25-12-7-6-11-24(25)33-28(37)26-19(3)32-29-34-30(40-5-2)35-36(29)27(26)21-9-8-10-23(17-21)39-18-20-13-15-22(31)16-14-20/h6-17,27H,4-5,18H2,1-3H3,(H,33,37)(H,32,34,35). The minimum Gasteiger partial charge on any atom is -0.492 e. The van der Waals surface area contributed by atoms with Gasteiger partial charge in [-0.1, -0.05) is 66.7 Å². The third kappa shape index (κ3) is 6.11. The minimum atomic E-state index is -0.534. The Morgan fingerprint density at radius 3 is 2.65 bits per heavy atom. The van der Waals surface area contributed by atoms with Gasteiger partial charge in [0.05, 0.1) is 17.9 Å². The molecule has 4 aromatic rings. The van der Waals surface area contributed by atoms with Crippen molar-refractivity contribution in [3.63, 3.8) is 0 Å². The Labute approximate surface area is 242 Å². The van der Waals surface area contributed by atoms with Crippen LogP contribution in [0.5, 0.6) is 11.5 Å². The van der Waals surface area contributed by atoms with E-state index in [4.69, 9.17) is 26.2 Å². The lowest BCUT2D eigenvalue weighted by Gasteiger charge is -2.29. The molecular formula is C30H30ClN5O3S. The molecule has 2 N–H and O–H groups in total. The molecule has 0 bridgehead atoms. The van der Waals surface area contributed by atoms with Crippen molar-refractivity contribution in [2.24, 2.45) is 0 Å². The zero-order valence-corrected chi connectivity index (χ0v) is 24.1. The smallest absolute Gasteiger partial charge is 0.255 e.